The lowest BCUT2D eigenvalue weighted by Crippen LogP contribution is -2.20. The highest BCUT2D eigenvalue weighted by Crippen LogP contribution is 2.23. The van der Waals surface area contributed by atoms with Crippen LogP contribution in [-0.4, -0.2) is 30.0 Å². The van der Waals surface area contributed by atoms with Gasteiger partial charge >= 0.3 is 0 Å². The molecular weight excluding hydrogens is 172 g/mol. The van der Waals surface area contributed by atoms with E-state index in [9.17, 15) is 4.79 Å². The molecule has 0 aromatic carbocycles. The Morgan fingerprint density at radius 1 is 1.60 bits per heavy atom. The maximum atomic E-state index is 10.5. The van der Waals surface area contributed by atoms with Crippen LogP contribution in [0.25, 0.3) is 0 Å². The van der Waals surface area contributed by atoms with Crippen LogP contribution in [0, 0.1) is 0 Å². The highest BCUT2D eigenvalue weighted by molar-refractivity contribution is 8.82. The van der Waals surface area contributed by atoms with Crippen molar-refractivity contribution in [2.75, 3.05) is 14.1 Å². The van der Waals surface area contributed by atoms with Gasteiger partial charge in [0.05, 0.1) is 0 Å². The highest BCUT2D eigenvalue weighted by atomic mass is 33.1. The summed E-state index contributed by atoms with van der Waals surface area (Å²) in [7, 11) is 5.18. The lowest BCUT2D eigenvalue weighted by molar-refractivity contribution is 0.238. The molecule has 3 N–H and O–H groups in total. The standard InChI is InChI=1S/C4H10N2O2S2/c1-5-3(7)9-10-4(8)6-2/h3,5,7H,1-2H3,(H,6,8)/t3-/m0/s1. The summed E-state index contributed by atoms with van der Waals surface area (Å²) in [6.45, 7) is 0. The van der Waals surface area contributed by atoms with Gasteiger partial charge in [0.1, 0.15) is 0 Å². The predicted octanol–water partition coefficient (Wildman–Crippen LogP) is 0.203. The van der Waals surface area contributed by atoms with Crippen molar-refractivity contribution < 1.29 is 9.90 Å². The zero-order chi connectivity index (χ0) is 7.98. The second-order valence-electron chi connectivity index (χ2n) is 1.36. The van der Waals surface area contributed by atoms with Gasteiger partial charge in [-0.05, 0) is 17.8 Å². The van der Waals surface area contributed by atoms with Gasteiger partial charge in [0, 0.05) is 17.8 Å². The predicted molar refractivity (Wildman–Crippen MR) is 44.7 cm³/mol. The minimum Gasteiger partial charge on any atom is -0.368 e. The van der Waals surface area contributed by atoms with Crippen molar-refractivity contribution >= 4 is 26.8 Å². The van der Waals surface area contributed by atoms with Crippen LogP contribution in [0.2, 0.25) is 0 Å². The van der Waals surface area contributed by atoms with Gasteiger partial charge < -0.3 is 10.4 Å². The van der Waals surface area contributed by atoms with Gasteiger partial charge in [-0.3, -0.25) is 10.1 Å². The smallest absolute Gasteiger partial charge is 0.289 e. The summed E-state index contributed by atoms with van der Waals surface area (Å²) >= 11 is 0. The summed E-state index contributed by atoms with van der Waals surface area (Å²) in [6, 6.07) is 0. The molecule has 0 aliphatic heterocycles. The van der Waals surface area contributed by atoms with E-state index in [2.05, 4.69) is 10.6 Å². The Balaban J connectivity index is 3.26. The molecule has 0 aromatic rings. The number of amides is 1. The number of hydrogen-bond acceptors (Lipinski definition) is 5. The van der Waals surface area contributed by atoms with Crippen LogP contribution in [0.5, 0.6) is 0 Å². The lowest BCUT2D eigenvalue weighted by atomic mass is 11.2. The first-order valence-electron chi connectivity index (χ1n) is 2.61. The second kappa shape index (κ2) is 5.84. The van der Waals surface area contributed by atoms with E-state index in [0.717, 1.165) is 21.6 Å². The molecule has 60 valence electrons. The average Bonchev–Trinajstić information content (AvgIpc) is 1.99. The largest absolute Gasteiger partial charge is 0.368 e. The monoisotopic (exact) mass is 182 g/mol. The fraction of sp³-hybridized carbons (Fsp3) is 0.750. The van der Waals surface area contributed by atoms with Gasteiger partial charge in [-0.1, -0.05) is 0 Å². The van der Waals surface area contributed by atoms with Crippen LogP contribution in [0.15, 0.2) is 0 Å². The van der Waals surface area contributed by atoms with Crippen molar-refractivity contribution in [1.29, 1.82) is 0 Å². The normalized spacial score (nSPS) is 12.7. The minimum atomic E-state index is -0.692. The molecule has 0 saturated carbocycles. The molecule has 0 aliphatic rings. The Bertz CT molecular complexity index is 111. The van der Waals surface area contributed by atoms with E-state index in [1.54, 1.807) is 14.1 Å². The number of aliphatic hydroxyl groups excluding tert-OH is 1. The molecular formula is C4H10N2O2S2. The van der Waals surface area contributed by atoms with Crippen LogP contribution in [0.1, 0.15) is 0 Å². The Morgan fingerprint density at radius 2 is 2.20 bits per heavy atom. The zero-order valence-corrected chi connectivity index (χ0v) is 7.38. The molecule has 6 heteroatoms. The molecule has 0 bridgehead atoms. The summed E-state index contributed by atoms with van der Waals surface area (Å²) in [5.74, 6) is 0. The summed E-state index contributed by atoms with van der Waals surface area (Å²) < 4.78 is 0. The molecule has 0 radical (unpaired) electrons. The summed E-state index contributed by atoms with van der Waals surface area (Å²) in [6.07, 6.45) is 0. The van der Waals surface area contributed by atoms with E-state index >= 15 is 0 Å². The van der Waals surface area contributed by atoms with Gasteiger partial charge in [-0.2, -0.15) is 0 Å². The molecule has 0 aliphatic carbocycles. The summed E-state index contributed by atoms with van der Waals surface area (Å²) in [4.78, 5) is 10.5. The first-order chi connectivity index (χ1) is 4.70. The molecule has 0 saturated heterocycles. The average molecular weight is 182 g/mol. The maximum Gasteiger partial charge on any atom is 0.289 e. The fourth-order valence-electron chi connectivity index (χ4n) is 0.179. The third-order valence-electron chi connectivity index (χ3n) is 0.666. The number of hydrogen-bond donors (Lipinski definition) is 3. The molecule has 1 atom stereocenters. The molecule has 0 rings (SSSR count). The second-order valence-corrected chi connectivity index (χ2v) is 3.61. The van der Waals surface area contributed by atoms with Crippen molar-refractivity contribution in [3.8, 4) is 0 Å². The number of rotatable bonds is 3. The Labute approximate surface area is 67.5 Å². The zero-order valence-electron chi connectivity index (χ0n) is 5.75. The quantitative estimate of drug-likeness (QED) is 0.430. The Morgan fingerprint density at radius 3 is 2.60 bits per heavy atom. The molecule has 4 nitrogen and oxygen atoms in total. The van der Waals surface area contributed by atoms with Crippen molar-refractivity contribution in [3.05, 3.63) is 0 Å². The minimum absolute atomic E-state index is 0.167. The van der Waals surface area contributed by atoms with Crippen molar-refractivity contribution in [2.45, 2.75) is 5.56 Å². The highest BCUT2D eigenvalue weighted by Gasteiger charge is 2.04. The van der Waals surface area contributed by atoms with Gasteiger partial charge in [0.15, 0.2) is 5.56 Å². The molecule has 0 unspecified atom stereocenters. The van der Waals surface area contributed by atoms with Gasteiger partial charge in [-0.25, -0.2) is 0 Å². The third kappa shape index (κ3) is 4.92. The van der Waals surface area contributed by atoms with Crippen molar-refractivity contribution in [1.82, 2.24) is 10.6 Å². The summed E-state index contributed by atoms with van der Waals surface area (Å²) in [5.41, 5.74) is -0.692. The number of carbonyl (C=O) groups is 1. The lowest BCUT2D eigenvalue weighted by Gasteiger charge is -2.05. The van der Waals surface area contributed by atoms with Crippen LogP contribution in [-0.2, 0) is 0 Å². The van der Waals surface area contributed by atoms with E-state index in [1.807, 2.05) is 0 Å². The molecule has 0 heterocycles. The summed E-state index contributed by atoms with van der Waals surface area (Å²) in [5, 5.41) is 13.7. The maximum absolute atomic E-state index is 10.5. The molecule has 1 amide bonds. The van der Waals surface area contributed by atoms with E-state index in [4.69, 9.17) is 5.11 Å². The van der Waals surface area contributed by atoms with E-state index in [0.29, 0.717) is 0 Å². The van der Waals surface area contributed by atoms with Gasteiger partial charge in [-0.15, -0.1) is 0 Å². The Kier molecular flexibility index (Phi) is 5.90. The van der Waals surface area contributed by atoms with E-state index in [-0.39, 0.29) is 5.24 Å². The first-order valence-corrected chi connectivity index (χ1v) is 4.82. The van der Waals surface area contributed by atoms with Crippen LogP contribution in [0.4, 0.5) is 4.79 Å². The van der Waals surface area contributed by atoms with Crippen LogP contribution < -0.4 is 10.6 Å². The number of carbonyl (C=O) groups excluding carboxylic acids is 1. The van der Waals surface area contributed by atoms with Crippen molar-refractivity contribution in [3.63, 3.8) is 0 Å². The SMILES string of the molecule is CNC(=O)SS[C@H](O)NC. The third-order valence-corrected chi connectivity index (χ3v) is 2.83. The number of nitrogens with one attached hydrogen (secondary N) is 2. The fourth-order valence-corrected chi connectivity index (χ4v) is 1.61. The number of aliphatic hydroxyl groups is 1. The topological polar surface area (TPSA) is 61.4 Å². The van der Waals surface area contributed by atoms with Crippen molar-refractivity contribution in [2.24, 2.45) is 0 Å². The molecule has 0 aromatic heterocycles. The van der Waals surface area contributed by atoms with E-state index in [1.165, 1.54) is 0 Å². The molecule has 10 heavy (non-hydrogen) atoms. The van der Waals surface area contributed by atoms with E-state index < -0.39 is 5.56 Å². The van der Waals surface area contributed by atoms with Gasteiger partial charge in [0.2, 0.25) is 0 Å². The van der Waals surface area contributed by atoms with Crippen LogP contribution in [0.3, 0.4) is 0 Å². The molecule has 0 spiro atoms. The van der Waals surface area contributed by atoms with Crippen LogP contribution >= 0.6 is 21.6 Å². The van der Waals surface area contributed by atoms with Gasteiger partial charge in [0.25, 0.3) is 5.24 Å². The molecule has 0 fully saturated rings. The first kappa shape index (κ1) is 10.1. The Hall–Kier alpha value is 0.0900.